The highest BCUT2D eigenvalue weighted by Crippen LogP contribution is 2.32. The Labute approximate surface area is 118 Å². The summed E-state index contributed by atoms with van der Waals surface area (Å²) in [5.41, 5.74) is 0. The van der Waals surface area contributed by atoms with Crippen molar-refractivity contribution in [3.63, 3.8) is 0 Å². The lowest BCUT2D eigenvalue weighted by atomic mass is 9.80. The Morgan fingerprint density at radius 3 is 1.61 bits per heavy atom. The van der Waals surface area contributed by atoms with Crippen molar-refractivity contribution in [3.8, 4) is 0 Å². The van der Waals surface area contributed by atoms with Gasteiger partial charge in [0.05, 0.1) is 0 Å². The third-order valence-corrected chi connectivity index (χ3v) is 3.79. The first-order valence-electron chi connectivity index (χ1n) is 8.86. The Bertz CT molecular complexity index is 116. The molecular weight excluding hydrogens is 216 g/mol. The molecule has 112 valence electrons. The molecule has 0 N–H and O–H groups in total. The van der Waals surface area contributed by atoms with Crippen LogP contribution in [0.15, 0.2) is 0 Å². The van der Waals surface area contributed by atoms with Crippen molar-refractivity contribution in [1.82, 2.24) is 0 Å². The molecule has 0 saturated heterocycles. The van der Waals surface area contributed by atoms with Crippen LogP contribution in [0.4, 0.5) is 0 Å². The monoisotopic (exact) mass is 256 g/mol. The normalized spacial score (nSPS) is 15.5. The van der Waals surface area contributed by atoms with Crippen LogP contribution in [-0.2, 0) is 0 Å². The molecule has 0 heteroatoms. The van der Waals surface area contributed by atoms with Gasteiger partial charge in [-0.15, -0.1) is 0 Å². The quantitative estimate of drug-likeness (QED) is 0.470. The molecule has 1 rings (SSSR count). The van der Waals surface area contributed by atoms with Gasteiger partial charge in [0.25, 0.3) is 0 Å². The van der Waals surface area contributed by atoms with Gasteiger partial charge in [-0.1, -0.05) is 99.3 Å². The highest BCUT2D eigenvalue weighted by Gasteiger charge is 2.17. The van der Waals surface area contributed by atoms with Crippen molar-refractivity contribution < 1.29 is 0 Å². The summed E-state index contributed by atoms with van der Waals surface area (Å²) in [4.78, 5) is 0. The van der Waals surface area contributed by atoms with Crippen molar-refractivity contribution in [2.45, 2.75) is 106 Å². The van der Waals surface area contributed by atoms with Crippen LogP contribution in [0.3, 0.4) is 0 Å². The van der Waals surface area contributed by atoms with Crippen LogP contribution < -0.4 is 0 Å². The van der Waals surface area contributed by atoms with Gasteiger partial charge in [-0.25, -0.2) is 0 Å². The van der Waals surface area contributed by atoms with Gasteiger partial charge in [0.15, 0.2) is 0 Å². The summed E-state index contributed by atoms with van der Waals surface area (Å²) < 4.78 is 0. The van der Waals surface area contributed by atoms with Crippen molar-refractivity contribution in [3.05, 3.63) is 0 Å². The Hall–Kier alpha value is 0. The van der Waals surface area contributed by atoms with Crippen molar-refractivity contribution in [2.75, 3.05) is 0 Å². The van der Waals surface area contributed by atoms with E-state index in [1.54, 1.807) is 6.42 Å². The van der Waals surface area contributed by atoms with Crippen LogP contribution in [0.1, 0.15) is 106 Å². The van der Waals surface area contributed by atoms with Gasteiger partial charge >= 0.3 is 0 Å². The number of rotatable bonds is 6. The molecule has 18 heavy (non-hydrogen) atoms. The van der Waals surface area contributed by atoms with Gasteiger partial charge in [-0.05, 0) is 18.3 Å². The van der Waals surface area contributed by atoms with E-state index in [1.807, 2.05) is 27.7 Å². The minimum Gasteiger partial charge on any atom is -0.0683 e. The molecule has 1 saturated carbocycles. The summed E-state index contributed by atoms with van der Waals surface area (Å²) in [5, 5.41) is 0. The lowest BCUT2D eigenvalue weighted by molar-refractivity contribution is 0.268. The fourth-order valence-corrected chi connectivity index (χ4v) is 3.09. The van der Waals surface area contributed by atoms with E-state index >= 15 is 0 Å². The number of hydrogen-bond donors (Lipinski definition) is 0. The third kappa shape index (κ3) is 11.1. The van der Waals surface area contributed by atoms with Gasteiger partial charge in [0.1, 0.15) is 0 Å². The van der Waals surface area contributed by atoms with E-state index in [9.17, 15) is 0 Å². The predicted octanol–water partition coefficient (Wildman–Crippen LogP) is 7.23. The van der Waals surface area contributed by atoms with Crippen molar-refractivity contribution in [1.29, 1.82) is 0 Å². The third-order valence-electron chi connectivity index (χ3n) is 3.79. The first kappa shape index (κ1) is 20.3. The second kappa shape index (κ2) is 17.0. The molecule has 1 aliphatic carbocycles. The predicted molar refractivity (Wildman–Crippen MR) is 87.2 cm³/mol. The second-order valence-corrected chi connectivity index (χ2v) is 5.18. The molecule has 1 fully saturated rings. The van der Waals surface area contributed by atoms with Crippen LogP contribution >= 0.6 is 0 Å². The Kier molecular flexibility index (Phi) is 19.2. The van der Waals surface area contributed by atoms with Gasteiger partial charge in [0.2, 0.25) is 0 Å². The van der Waals surface area contributed by atoms with E-state index < -0.39 is 0 Å². The molecule has 0 radical (unpaired) electrons. The molecule has 0 aromatic carbocycles. The average Bonchev–Trinajstić information content (AvgIpc) is 2.45. The first-order valence-corrected chi connectivity index (χ1v) is 8.86. The van der Waals surface area contributed by atoms with E-state index in [0.29, 0.717) is 0 Å². The van der Waals surface area contributed by atoms with Gasteiger partial charge in [0, 0.05) is 0 Å². The maximum absolute atomic E-state index is 2.34. The van der Waals surface area contributed by atoms with E-state index in [2.05, 4.69) is 13.8 Å². The summed E-state index contributed by atoms with van der Waals surface area (Å²) in [7, 11) is 0. The van der Waals surface area contributed by atoms with Crippen molar-refractivity contribution >= 4 is 0 Å². The van der Waals surface area contributed by atoms with Gasteiger partial charge in [-0.3, -0.25) is 0 Å². The Morgan fingerprint density at radius 1 is 0.778 bits per heavy atom. The summed E-state index contributed by atoms with van der Waals surface area (Å²) in [5.74, 6) is 2.14. The van der Waals surface area contributed by atoms with Crippen LogP contribution in [0.25, 0.3) is 0 Å². The van der Waals surface area contributed by atoms with Crippen LogP contribution in [-0.4, -0.2) is 0 Å². The SMILES string of the molecule is CC.CC.CCCC(CCC)CC1CCCCC1. The van der Waals surface area contributed by atoms with Crippen LogP contribution in [0, 0.1) is 11.8 Å². The minimum atomic E-state index is 1.05. The molecule has 0 aromatic rings. The topological polar surface area (TPSA) is 0 Å². The molecule has 0 atom stereocenters. The molecule has 0 aliphatic heterocycles. The molecule has 0 aromatic heterocycles. The lowest BCUT2D eigenvalue weighted by Crippen LogP contribution is -2.12. The standard InChI is InChI=1S/C14H28.2C2H6/c1-3-8-13(9-4-2)12-14-10-6-5-7-11-14;2*1-2/h13-14H,3-12H2,1-2H3;2*1-2H3. The lowest BCUT2D eigenvalue weighted by Gasteiger charge is -2.26. The summed E-state index contributed by atoms with van der Waals surface area (Å²) in [6.45, 7) is 12.7. The van der Waals surface area contributed by atoms with Crippen LogP contribution in [0.5, 0.6) is 0 Å². The molecule has 0 unspecified atom stereocenters. The summed E-state index contributed by atoms with van der Waals surface area (Å²) in [6.07, 6.45) is 14.9. The molecule has 0 heterocycles. The average molecular weight is 257 g/mol. The van der Waals surface area contributed by atoms with Gasteiger partial charge < -0.3 is 0 Å². The Morgan fingerprint density at radius 2 is 1.22 bits per heavy atom. The fraction of sp³-hybridized carbons (Fsp3) is 1.00. The zero-order valence-electron chi connectivity index (χ0n) is 14.2. The molecular formula is C18H40. The first-order chi connectivity index (χ1) is 8.86. The molecule has 0 nitrogen and oxygen atoms in total. The molecule has 0 bridgehead atoms. The van der Waals surface area contributed by atoms with E-state index in [1.165, 1.54) is 57.8 Å². The minimum absolute atomic E-state index is 1.05. The largest absolute Gasteiger partial charge is 0.0683 e. The summed E-state index contributed by atoms with van der Waals surface area (Å²) >= 11 is 0. The van der Waals surface area contributed by atoms with Gasteiger partial charge in [-0.2, -0.15) is 0 Å². The summed E-state index contributed by atoms with van der Waals surface area (Å²) in [6, 6.07) is 0. The zero-order chi connectivity index (χ0) is 14.2. The molecule has 0 spiro atoms. The maximum atomic E-state index is 2.34. The fourth-order valence-electron chi connectivity index (χ4n) is 3.09. The highest BCUT2D eigenvalue weighted by molar-refractivity contribution is 4.70. The zero-order valence-corrected chi connectivity index (χ0v) is 14.2. The Balaban J connectivity index is 0. The smallest absolute Gasteiger partial charge is 0.0412 e. The van der Waals surface area contributed by atoms with Crippen molar-refractivity contribution in [2.24, 2.45) is 11.8 Å². The maximum Gasteiger partial charge on any atom is -0.0412 e. The van der Waals surface area contributed by atoms with E-state index in [-0.39, 0.29) is 0 Å². The van der Waals surface area contributed by atoms with E-state index in [0.717, 1.165) is 11.8 Å². The van der Waals surface area contributed by atoms with E-state index in [4.69, 9.17) is 0 Å². The highest BCUT2D eigenvalue weighted by atomic mass is 14.2. The molecule has 1 aliphatic rings. The second-order valence-electron chi connectivity index (χ2n) is 5.18. The van der Waals surface area contributed by atoms with Crippen LogP contribution in [0.2, 0.25) is 0 Å². The molecule has 0 amide bonds. The number of hydrogen-bond acceptors (Lipinski definition) is 0.